The summed E-state index contributed by atoms with van der Waals surface area (Å²) in [4.78, 5) is 14.0. The van der Waals surface area contributed by atoms with E-state index in [-0.39, 0.29) is 6.04 Å². The number of dihydropyridines is 1. The number of aromatic nitrogens is 2. The molecule has 1 aliphatic carbocycles. The van der Waals surface area contributed by atoms with Crippen LogP contribution in [0.4, 0.5) is 0 Å². The van der Waals surface area contributed by atoms with Crippen molar-refractivity contribution in [3.05, 3.63) is 63.5 Å². The molecule has 0 spiro atoms. The minimum absolute atomic E-state index is 0.0951. The molecule has 2 aromatic rings. The summed E-state index contributed by atoms with van der Waals surface area (Å²) in [5.74, 6) is 0.314. The van der Waals surface area contributed by atoms with E-state index in [0.717, 1.165) is 26.3 Å². The van der Waals surface area contributed by atoms with Gasteiger partial charge in [-0.15, -0.1) is 0 Å². The van der Waals surface area contributed by atoms with E-state index in [2.05, 4.69) is 56.9 Å². The van der Waals surface area contributed by atoms with Gasteiger partial charge in [-0.2, -0.15) is 0 Å². The first-order valence-electron chi connectivity index (χ1n) is 6.83. The van der Waals surface area contributed by atoms with Crippen LogP contribution in [0.25, 0.3) is 17.5 Å². The van der Waals surface area contributed by atoms with Crippen LogP contribution in [-0.2, 0) is 0 Å². The standard InChI is InChI=1S/C17H12IN3/c18-15-5-1-4-13(20-15)14-9-8-12-7-6-11-3-2-10-19-16(11)17(12)21-14/h1-11,16H. The van der Waals surface area contributed by atoms with Gasteiger partial charge in [-0.3, -0.25) is 4.99 Å². The summed E-state index contributed by atoms with van der Waals surface area (Å²) in [6, 6.07) is 10.2. The number of aliphatic imine (C=N–C) groups is 1. The van der Waals surface area contributed by atoms with E-state index >= 15 is 0 Å². The van der Waals surface area contributed by atoms with Crippen LogP contribution in [0.1, 0.15) is 17.3 Å². The lowest BCUT2D eigenvalue weighted by atomic mass is 9.87. The van der Waals surface area contributed by atoms with Gasteiger partial charge < -0.3 is 0 Å². The maximum atomic E-state index is 4.84. The highest BCUT2D eigenvalue weighted by Gasteiger charge is 2.26. The summed E-state index contributed by atoms with van der Waals surface area (Å²) in [6.07, 6.45) is 10.4. The first kappa shape index (κ1) is 12.9. The molecule has 0 N–H and O–H groups in total. The highest BCUT2D eigenvalue weighted by molar-refractivity contribution is 14.1. The first-order chi connectivity index (χ1) is 10.3. The van der Waals surface area contributed by atoms with Crippen molar-refractivity contribution in [2.24, 2.45) is 10.9 Å². The monoisotopic (exact) mass is 385 g/mol. The van der Waals surface area contributed by atoms with Gasteiger partial charge in [0.05, 0.1) is 17.1 Å². The molecule has 1 aliphatic heterocycles. The van der Waals surface area contributed by atoms with Gasteiger partial charge in [-0.25, -0.2) is 9.97 Å². The van der Waals surface area contributed by atoms with Crippen LogP contribution in [0.3, 0.4) is 0 Å². The van der Waals surface area contributed by atoms with Crippen LogP contribution in [-0.4, -0.2) is 16.2 Å². The minimum atomic E-state index is 0.0951. The van der Waals surface area contributed by atoms with E-state index in [1.165, 1.54) is 0 Å². The second kappa shape index (κ2) is 5.18. The van der Waals surface area contributed by atoms with Crippen molar-refractivity contribution >= 4 is 34.9 Å². The van der Waals surface area contributed by atoms with Crippen molar-refractivity contribution < 1.29 is 0 Å². The van der Waals surface area contributed by atoms with Gasteiger partial charge in [-0.1, -0.05) is 30.4 Å². The maximum absolute atomic E-state index is 4.84. The van der Waals surface area contributed by atoms with Crippen LogP contribution in [0, 0.1) is 9.62 Å². The molecule has 0 aromatic carbocycles. The third-order valence-corrected chi connectivity index (χ3v) is 4.34. The Hall–Kier alpha value is -1.82. The summed E-state index contributed by atoms with van der Waals surface area (Å²) >= 11 is 2.22. The molecule has 3 nitrogen and oxygen atoms in total. The Bertz CT molecular complexity index is 792. The molecular formula is C17H12IN3. The molecule has 2 aliphatic rings. The zero-order chi connectivity index (χ0) is 14.2. The van der Waals surface area contributed by atoms with Crippen LogP contribution < -0.4 is 0 Å². The van der Waals surface area contributed by atoms with Gasteiger partial charge in [0.25, 0.3) is 0 Å². The molecule has 0 saturated heterocycles. The number of halogens is 1. The molecule has 21 heavy (non-hydrogen) atoms. The van der Waals surface area contributed by atoms with Gasteiger partial charge in [0.2, 0.25) is 0 Å². The number of fused-ring (bicyclic) bond motifs is 3. The fourth-order valence-electron chi connectivity index (χ4n) is 2.72. The first-order valence-corrected chi connectivity index (χ1v) is 7.91. The summed E-state index contributed by atoms with van der Waals surface area (Å²) in [5.41, 5.74) is 4.01. The Kier molecular flexibility index (Phi) is 3.18. The van der Waals surface area contributed by atoms with Crippen molar-refractivity contribution in [3.8, 4) is 11.4 Å². The van der Waals surface area contributed by atoms with E-state index in [1.807, 2.05) is 36.6 Å². The molecule has 4 heteroatoms. The van der Waals surface area contributed by atoms with E-state index < -0.39 is 0 Å². The zero-order valence-corrected chi connectivity index (χ0v) is 13.3. The van der Waals surface area contributed by atoms with Crippen LogP contribution in [0.2, 0.25) is 0 Å². The molecule has 3 heterocycles. The van der Waals surface area contributed by atoms with E-state index in [1.54, 1.807) is 0 Å². The van der Waals surface area contributed by atoms with Gasteiger partial charge in [-0.05, 0) is 52.4 Å². The summed E-state index contributed by atoms with van der Waals surface area (Å²) < 4.78 is 0.973. The predicted octanol–water partition coefficient (Wildman–Crippen LogP) is 4.07. The number of hydrogen-bond donors (Lipinski definition) is 0. The van der Waals surface area contributed by atoms with E-state index in [0.29, 0.717) is 5.92 Å². The number of nitrogens with zero attached hydrogens (tertiary/aromatic N) is 3. The lowest BCUT2D eigenvalue weighted by Crippen LogP contribution is -2.16. The Balaban J connectivity index is 1.83. The Morgan fingerprint density at radius 1 is 0.952 bits per heavy atom. The number of allylic oxidation sites excluding steroid dienone is 1. The summed E-state index contributed by atoms with van der Waals surface area (Å²) in [7, 11) is 0. The number of pyridine rings is 2. The van der Waals surface area contributed by atoms with Gasteiger partial charge in [0.15, 0.2) is 0 Å². The molecule has 0 saturated carbocycles. The maximum Gasteiger partial charge on any atom is 0.102 e. The normalized spacial score (nSPS) is 22.0. The van der Waals surface area contributed by atoms with Crippen LogP contribution >= 0.6 is 22.6 Å². The topological polar surface area (TPSA) is 38.1 Å². The number of rotatable bonds is 1. The van der Waals surface area contributed by atoms with Gasteiger partial charge in [0.1, 0.15) is 9.74 Å². The quantitative estimate of drug-likeness (QED) is 0.548. The smallest absolute Gasteiger partial charge is 0.102 e. The fourth-order valence-corrected chi connectivity index (χ4v) is 3.19. The Labute approximate surface area is 136 Å². The van der Waals surface area contributed by atoms with Crippen LogP contribution in [0.15, 0.2) is 53.6 Å². The molecule has 102 valence electrons. The fraction of sp³-hybridized carbons (Fsp3) is 0.118. The van der Waals surface area contributed by atoms with Gasteiger partial charge >= 0.3 is 0 Å². The molecule has 0 radical (unpaired) electrons. The lowest BCUT2D eigenvalue weighted by Gasteiger charge is -2.25. The summed E-state index contributed by atoms with van der Waals surface area (Å²) in [5, 5.41) is 0. The van der Waals surface area contributed by atoms with Crippen molar-refractivity contribution in [3.63, 3.8) is 0 Å². The Morgan fingerprint density at radius 2 is 1.86 bits per heavy atom. The third-order valence-electron chi connectivity index (χ3n) is 3.74. The molecule has 2 aromatic heterocycles. The molecule has 0 amide bonds. The van der Waals surface area contributed by atoms with Crippen LogP contribution in [0.5, 0.6) is 0 Å². The number of hydrogen-bond acceptors (Lipinski definition) is 3. The second-order valence-corrected chi connectivity index (χ2v) is 6.19. The molecule has 2 unspecified atom stereocenters. The molecule has 2 atom stereocenters. The zero-order valence-electron chi connectivity index (χ0n) is 11.1. The van der Waals surface area contributed by atoms with Crippen molar-refractivity contribution in [1.29, 1.82) is 0 Å². The SMILES string of the molecule is Ic1cccc(-c2ccc3c(n2)C2N=CC=CC2C=C3)n1. The highest BCUT2D eigenvalue weighted by Crippen LogP contribution is 2.36. The molecule has 4 rings (SSSR count). The van der Waals surface area contributed by atoms with Crippen molar-refractivity contribution in [2.75, 3.05) is 0 Å². The highest BCUT2D eigenvalue weighted by atomic mass is 127. The average molecular weight is 385 g/mol. The Morgan fingerprint density at radius 3 is 2.76 bits per heavy atom. The van der Waals surface area contributed by atoms with Crippen molar-refractivity contribution in [1.82, 2.24) is 9.97 Å². The summed E-state index contributed by atoms with van der Waals surface area (Å²) in [6.45, 7) is 0. The van der Waals surface area contributed by atoms with E-state index in [9.17, 15) is 0 Å². The molecular weight excluding hydrogens is 373 g/mol. The van der Waals surface area contributed by atoms with Crippen molar-refractivity contribution in [2.45, 2.75) is 6.04 Å². The largest absolute Gasteiger partial charge is 0.282 e. The minimum Gasteiger partial charge on any atom is -0.282 e. The van der Waals surface area contributed by atoms with Gasteiger partial charge in [0, 0.05) is 12.1 Å². The molecule has 0 bridgehead atoms. The van der Waals surface area contributed by atoms with E-state index in [4.69, 9.17) is 4.98 Å². The lowest BCUT2D eigenvalue weighted by molar-refractivity contribution is 0.594. The third kappa shape index (κ3) is 2.33. The molecule has 0 fully saturated rings. The predicted molar refractivity (Wildman–Crippen MR) is 93.1 cm³/mol. The second-order valence-electron chi connectivity index (χ2n) is 5.08. The average Bonchev–Trinajstić information content (AvgIpc) is 2.54.